The van der Waals surface area contributed by atoms with Crippen molar-refractivity contribution in [2.75, 3.05) is 19.6 Å². The molecule has 3 aliphatic rings. The number of fused-ring (bicyclic) bond motifs is 5. The lowest BCUT2D eigenvalue weighted by Gasteiger charge is -2.42. The lowest BCUT2D eigenvalue weighted by molar-refractivity contribution is -0.126. The maximum atomic E-state index is 13.1. The Bertz CT molecular complexity index is 927. The molecule has 2 N–H and O–H groups in total. The van der Waals surface area contributed by atoms with Crippen molar-refractivity contribution in [1.82, 2.24) is 20.2 Å². The fourth-order valence-corrected chi connectivity index (χ4v) is 6.20. The molecule has 1 fully saturated rings. The van der Waals surface area contributed by atoms with E-state index in [1.54, 1.807) is 22.0 Å². The van der Waals surface area contributed by atoms with Gasteiger partial charge in [0, 0.05) is 54.5 Å². The highest BCUT2D eigenvalue weighted by Crippen LogP contribution is 2.38. The second-order valence-corrected chi connectivity index (χ2v) is 9.35. The van der Waals surface area contributed by atoms with Crippen molar-refractivity contribution in [3.63, 3.8) is 0 Å². The maximum absolute atomic E-state index is 13.1. The Balaban J connectivity index is 1.30. The third kappa shape index (κ3) is 3.20. The van der Waals surface area contributed by atoms with Crippen molar-refractivity contribution in [2.45, 2.75) is 50.5 Å². The highest BCUT2D eigenvalue weighted by atomic mass is 32.1. The number of aromatic nitrogens is 2. The number of aryl methyl sites for hydroxylation is 2. The number of carbonyl (C=O) groups excluding carboxylic acids is 1. The van der Waals surface area contributed by atoms with E-state index in [0.29, 0.717) is 12.5 Å². The second kappa shape index (κ2) is 7.44. The summed E-state index contributed by atoms with van der Waals surface area (Å²) in [6.07, 6.45) is 6.47. The van der Waals surface area contributed by atoms with Crippen LogP contribution < -0.4 is 16.2 Å². The first-order chi connectivity index (χ1) is 13.7. The smallest absolute Gasteiger partial charge is 0.251 e. The molecule has 3 atom stereocenters. The fourth-order valence-electron chi connectivity index (χ4n) is 5.04. The summed E-state index contributed by atoms with van der Waals surface area (Å²) in [5, 5.41) is 7.65. The summed E-state index contributed by atoms with van der Waals surface area (Å²) in [6.45, 7) is 2.24. The zero-order chi connectivity index (χ0) is 19.1. The molecule has 1 aliphatic carbocycles. The SMILES string of the molecule is O=C(NCCc1nc2c(s1)CCCC2)[C@H]1[C@@H]2CNC[C@@H](C2)c2cccc(=O)n21. The van der Waals surface area contributed by atoms with Crippen LogP contribution in [0.4, 0.5) is 0 Å². The first-order valence-corrected chi connectivity index (χ1v) is 11.2. The van der Waals surface area contributed by atoms with Gasteiger partial charge in [-0.25, -0.2) is 4.98 Å². The molecule has 2 aromatic heterocycles. The average molecular weight is 399 g/mol. The van der Waals surface area contributed by atoms with Crippen LogP contribution >= 0.6 is 11.3 Å². The molecule has 2 bridgehead atoms. The van der Waals surface area contributed by atoms with Crippen LogP contribution in [0.25, 0.3) is 0 Å². The summed E-state index contributed by atoms with van der Waals surface area (Å²) >= 11 is 1.80. The second-order valence-electron chi connectivity index (χ2n) is 8.18. The van der Waals surface area contributed by atoms with E-state index >= 15 is 0 Å². The average Bonchev–Trinajstić information content (AvgIpc) is 3.12. The molecule has 148 valence electrons. The van der Waals surface area contributed by atoms with E-state index < -0.39 is 6.04 Å². The molecule has 0 aromatic carbocycles. The van der Waals surface area contributed by atoms with E-state index in [1.807, 2.05) is 12.1 Å². The molecule has 0 unspecified atom stereocenters. The number of pyridine rings is 1. The summed E-state index contributed by atoms with van der Waals surface area (Å²) in [5.74, 6) is 0.444. The van der Waals surface area contributed by atoms with E-state index in [1.165, 1.54) is 23.4 Å². The Labute approximate surface area is 168 Å². The van der Waals surface area contributed by atoms with Gasteiger partial charge in [0.1, 0.15) is 6.04 Å². The summed E-state index contributed by atoms with van der Waals surface area (Å²) < 4.78 is 1.75. The summed E-state index contributed by atoms with van der Waals surface area (Å²) in [5.41, 5.74) is 2.19. The topological polar surface area (TPSA) is 76.0 Å². The normalized spacial score (nSPS) is 25.6. The van der Waals surface area contributed by atoms with Gasteiger partial charge in [0.05, 0.1) is 10.7 Å². The Hall–Kier alpha value is -1.99. The Kier molecular flexibility index (Phi) is 4.80. The maximum Gasteiger partial charge on any atom is 0.251 e. The zero-order valence-electron chi connectivity index (χ0n) is 15.9. The van der Waals surface area contributed by atoms with E-state index in [0.717, 1.165) is 49.5 Å². The predicted octanol–water partition coefficient (Wildman–Crippen LogP) is 1.79. The van der Waals surface area contributed by atoms with Crippen LogP contribution in [0, 0.1) is 5.92 Å². The first kappa shape index (κ1) is 18.1. The van der Waals surface area contributed by atoms with Crippen LogP contribution in [0.1, 0.15) is 52.5 Å². The quantitative estimate of drug-likeness (QED) is 0.823. The summed E-state index contributed by atoms with van der Waals surface area (Å²) in [6, 6.07) is 4.95. The third-order valence-corrected chi connectivity index (χ3v) is 7.56. The number of nitrogens with zero attached hydrogens (tertiary/aromatic N) is 2. The third-order valence-electron chi connectivity index (χ3n) is 6.35. The van der Waals surface area contributed by atoms with Crippen molar-refractivity contribution in [2.24, 2.45) is 5.92 Å². The van der Waals surface area contributed by atoms with Crippen LogP contribution in [0.5, 0.6) is 0 Å². The van der Waals surface area contributed by atoms with E-state index in [-0.39, 0.29) is 17.4 Å². The van der Waals surface area contributed by atoms with E-state index in [9.17, 15) is 9.59 Å². The van der Waals surface area contributed by atoms with Crippen molar-refractivity contribution >= 4 is 17.2 Å². The van der Waals surface area contributed by atoms with Gasteiger partial charge in [-0.05, 0) is 38.2 Å². The van der Waals surface area contributed by atoms with Crippen molar-refractivity contribution in [3.05, 3.63) is 49.8 Å². The van der Waals surface area contributed by atoms with Gasteiger partial charge in [0.25, 0.3) is 5.56 Å². The number of hydrogen-bond donors (Lipinski definition) is 2. The highest BCUT2D eigenvalue weighted by molar-refractivity contribution is 7.11. The molecule has 1 amide bonds. The van der Waals surface area contributed by atoms with Crippen molar-refractivity contribution in [1.29, 1.82) is 0 Å². The number of carbonyl (C=O) groups is 1. The minimum absolute atomic E-state index is 0.0389. The van der Waals surface area contributed by atoms with Gasteiger partial charge in [-0.3, -0.25) is 14.2 Å². The van der Waals surface area contributed by atoms with E-state index in [2.05, 4.69) is 10.6 Å². The van der Waals surface area contributed by atoms with Crippen LogP contribution in [0.3, 0.4) is 0 Å². The van der Waals surface area contributed by atoms with Crippen molar-refractivity contribution < 1.29 is 4.79 Å². The molecule has 0 saturated carbocycles. The Morgan fingerprint density at radius 1 is 1.29 bits per heavy atom. The number of amides is 1. The van der Waals surface area contributed by atoms with Gasteiger partial charge in [-0.1, -0.05) is 6.07 Å². The highest BCUT2D eigenvalue weighted by Gasteiger charge is 2.41. The van der Waals surface area contributed by atoms with Gasteiger partial charge in [0.15, 0.2) is 0 Å². The summed E-state index contributed by atoms with van der Waals surface area (Å²) in [7, 11) is 0. The molecule has 1 saturated heterocycles. The van der Waals surface area contributed by atoms with Crippen LogP contribution in [-0.4, -0.2) is 35.1 Å². The van der Waals surface area contributed by atoms with Crippen molar-refractivity contribution in [3.8, 4) is 0 Å². The van der Waals surface area contributed by atoms with Crippen LogP contribution in [0.15, 0.2) is 23.0 Å². The lowest BCUT2D eigenvalue weighted by Crippen LogP contribution is -2.52. The number of hydrogen-bond acceptors (Lipinski definition) is 5. The van der Waals surface area contributed by atoms with Gasteiger partial charge in [-0.15, -0.1) is 11.3 Å². The monoisotopic (exact) mass is 398 g/mol. The largest absolute Gasteiger partial charge is 0.354 e. The van der Waals surface area contributed by atoms with Gasteiger partial charge < -0.3 is 10.6 Å². The molecular formula is C21H26N4O2S. The molecular weight excluding hydrogens is 372 g/mol. The molecule has 0 spiro atoms. The minimum Gasteiger partial charge on any atom is -0.354 e. The summed E-state index contributed by atoms with van der Waals surface area (Å²) in [4.78, 5) is 31.8. The van der Waals surface area contributed by atoms with E-state index in [4.69, 9.17) is 4.98 Å². The molecule has 0 radical (unpaired) electrons. The van der Waals surface area contributed by atoms with Gasteiger partial charge in [0.2, 0.25) is 5.91 Å². The number of piperidine rings is 1. The molecule has 28 heavy (non-hydrogen) atoms. The zero-order valence-corrected chi connectivity index (χ0v) is 16.8. The van der Waals surface area contributed by atoms with Gasteiger partial charge >= 0.3 is 0 Å². The van der Waals surface area contributed by atoms with Crippen LogP contribution in [0.2, 0.25) is 0 Å². The molecule has 2 aromatic rings. The molecule has 7 heteroatoms. The fraction of sp³-hybridized carbons (Fsp3) is 0.571. The molecule has 2 aliphatic heterocycles. The number of thiazole rings is 1. The lowest BCUT2D eigenvalue weighted by atomic mass is 9.79. The standard InChI is InChI=1S/C21H26N4O2S/c26-19-7-3-5-16-13-10-14(12-22-11-13)20(25(16)19)21(27)23-9-8-18-24-15-4-1-2-6-17(15)28-18/h3,5,7,13-14,20,22H,1-2,4,6,8-12H2,(H,23,27)/t13-,14+,20-/m1/s1. The predicted molar refractivity (Wildman–Crippen MR) is 109 cm³/mol. The minimum atomic E-state index is -0.419. The number of nitrogens with one attached hydrogen (secondary N) is 2. The molecule has 5 rings (SSSR count). The molecule has 4 heterocycles. The van der Waals surface area contributed by atoms with Gasteiger partial charge in [-0.2, -0.15) is 0 Å². The Morgan fingerprint density at radius 2 is 2.18 bits per heavy atom. The first-order valence-electron chi connectivity index (χ1n) is 10.4. The Morgan fingerprint density at radius 3 is 3.07 bits per heavy atom. The number of rotatable bonds is 4. The van der Waals surface area contributed by atoms with Crippen LogP contribution in [-0.2, 0) is 24.1 Å². The molecule has 6 nitrogen and oxygen atoms in total.